The second-order valence-electron chi connectivity index (χ2n) is 6.95. The van der Waals surface area contributed by atoms with E-state index in [2.05, 4.69) is 16.3 Å². The van der Waals surface area contributed by atoms with Crippen LogP contribution in [0.5, 0.6) is 0 Å². The molecule has 1 fully saturated rings. The van der Waals surface area contributed by atoms with E-state index >= 15 is 0 Å². The lowest BCUT2D eigenvalue weighted by Crippen LogP contribution is -2.46. The van der Waals surface area contributed by atoms with Crippen LogP contribution in [0.2, 0.25) is 0 Å². The number of anilines is 1. The standard InChI is InChI=1S/C20H25N5O2/c1-4-12-27-19(26)20(3,13-21)17-18(25-10-8-22-9-11-25)24-16-14(2)6-5-7-15(16)23-17/h5-7,22H,4,8-12H2,1-3H3. The van der Waals surface area contributed by atoms with Crippen LogP contribution in [-0.2, 0) is 14.9 Å². The first-order chi connectivity index (χ1) is 13.0. The maximum absolute atomic E-state index is 12.8. The molecule has 1 saturated heterocycles. The van der Waals surface area contributed by atoms with E-state index in [1.807, 2.05) is 32.0 Å². The van der Waals surface area contributed by atoms with Gasteiger partial charge >= 0.3 is 5.97 Å². The molecule has 1 aliphatic heterocycles. The highest BCUT2D eigenvalue weighted by Gasteiger charge is 2.43. The number of nitriles is 1. The minimum atomic E-state index is -1.51. The van der Waals surface area contributed by atoms with Gasteiger partial charge in [-0.05, 0) is 31.9 Å². The van der Waals surface area contributed by atoms with Crippen molar-refractivity contribution in [1.82, 2.24) is 15.3 Å². The van der Waals surface area contributed by atoms with Gasteiger partial charge in [-0.15, -0.1) is 0 Å². The number of carbonyl (C=O) groups excluding carboxylic acids is 1. The van der Waals surface area contributed by atoms with Gasteiger partial charge in [-0.2, -0.15) is 5.26 Å². The fourth-order valence-corrected chi connectivity index (χ4v) is 3.18. The molecule has 1 aromatic carbocycles. The first kappa shape index (κ1) is 19.1. The average molecular weight is 367 g/mol. The Morgan fingerprint density at radius 2 is 2.11 bits per heavy atom. The molecule has 142 valence electrons. The van der Waals surface area contributed by atoms with Crippen LogP contribution in [0.15, 0.2) is 18.2 Å². The molecule has 1 atom stereocenters. The van der Waals surface area contributed by atoms with E-state index in [9.17, 15) is 10.1 Å². The number of carbonyl (C=O) groups is 1. The number of nitrogens with one attached hydrogen (secondary N) is 1. The van der Waals surface area contributed by atoms with Gasteiger partial charge in [0.15, 0.2) is 11.2 Å². The molecule has 3 rings (SSSR count). The molecule has 2 aromatic rings. The lowest BCUT2D eigenvalue weighted by molar-refractivity contribution is -0.147. The largest absolute Gasteiger partial charge is 0.464 e. The Balaban J connectivity index is 2.19. The first-order valence-electron chi connectivity index (χ1n) is 9.33. The minimum Gasteiger partial charge on any atom is -0.464 e. The van der Waals surface area contributed by atoms with Gasteiger partial charge in [0.05, 0.1) is 23.7 Å². The van der Waals surface area contributed by atoms with Crippen LogP contribution in [0, 0.1) is 18.3 Å². The fourth-order valence-electron chi connectivity index (χ4n) is 3.18. The number of piperazine rings is 1. The van der Waals surface area contributed by atoms with Crippen molar-refractivity contribution in [2.45, 2.75) is 32.6 Å². The lowest BCUT2D eigenvalue weighted by Gasteiger charge is -2.32. The smallest absolute Gasteiger partial charge is 0.332 e. The number of benzene rings is 1. The van der Waals surface area contributed by atoms with Gasteiger partial charge in [0.25, 0.3) is 0 Å². The number of fused-ring (bicyclic) bond motifs is 1. The van der Waals surface area contributed by atoms with Crippen LogP contribution < -0.4 is 10.2 Å². The van der Waals surface area contributed by atoms with Crippen LogP contribution >= 0.6 is 0 Å². The molecule has 7 heteroatoms. The molecule has 1 aliphatic rings. The summed E-state index contributed by atoms with van der Waals surface area (Å²) < 4.78 is 5.32. The molecule has 1 aromatic heterocycles. The Kier molecular flexibility index (Phi) is 5.57. The van der Waals surface area contributed by atoms with Crippen molar-refractivity contribution >= 4 is 22.8 Å². The molecule has 27 heavy (non-hydrogen) atoms. The summed E-state index contributed by atoms with van der Waals surface area (Å²) in [5.74, 6) is 0.0142. The second-order valence-corrected chi connectivity index (χ2v) is 6.95. The zero-order valence-electron chi connectivity index (χ0n) is 16.1. The van der Waals surface area contributed by atoms with E-state index in [4.69, 9.17) is 14.7 Å². The number of hydrogen-bond acceptors (Lipinski definition) is 7. The van der Waals surface area contributed by atoms with Gasteiger partial charge in [0.1, 0.15) is 5.69 Å². The third kappa shape index (κ3) is 3.58. The Morgan fingerprint density at radius 1 is 1.37 bits per heavy atom. The summed E-state index contributed by atoms with van der Waals surface area (Å²) in [6.45, 7) is 8.86. The van der Waals surface area contributed by atoms with Crippen molar-refractivity contribution in [2.24, 2.45) is 0 Å². The number of aromatic nitrogens is 2. The summed E-state index contributed by atoms with van der Waals surface area (Å²) in [6.07, 6.45) is 0.695. The number of ether oxygens (including phenoxy) is 1. The molecule has 0 bridgehead atoms. The molecule has 0 saturated carbocycles. The van der Waals surface area contributed by atoms with Gasteiger partial charge in [-0.1, -0.05) is 19.1 Å². The third-order valence-electron chi connectivity index (χ3n) is 4.84. The summed E-state index contributed by atoms with van der Waals surface area (Å²) in [7, 11) is 0. The Hall–Kier alpha value is -2.72. The highest BCUT2D eigenvalue weighted by Crippen LogP contribution is 2.33. The predicted molar refractivity (Wildman–Crippen MR) is 104 cm³/mol. The van der Waals surface area contributed by atoms with Crippen LogP contribution in [0.4, 0.5) is 5.82 Å². The van der Waals surface area contributed by atoms with E-state index in [1.165, 1.54) is 0 Å². The summed E-state index contributed by atoms with van der Waals surface area (Å²) in [6, 6.07) is 7.89. The zero-order chi connectivity index (χ0) is 19.4. The summed E-state index contributed by atoms with van der Waals surface area (Å²) >= 11 is 0. The van der Waals surface area contributed by atoms with Crippen LogP contribution in [0.25, 0.3) is 11.0 Å². The van der Waals surface area contributed by atoms with E-state index < -0.39 is 11.4 Å². The molecule has 1 unspecified atom stereocenters. The molecule has 0 amide bonds. The van der Waals surface area contributed by atoms with Crippen molar-refractivity contribution in [3.8, 4) is 6.07 Å². The highest BCUT2D eigenvalue weighted by molar-refractivity contribution is 5.89. The van der Waals surface area contributed by atoms with E-state index in [1.54, 1.807) is 6.92 Å². The average Bonchev–Trinajstić information content (AvgIpc) is 2.71. The fraction of sp³-hybridized carbons (Fsp3) is 0.500. The number of para-hydroxylation sites is 1. The van der Waals surface area contributed by atoms with E-state index in [-0.39, 0.29) is 6.61 Å². The Bertz CT molecular complexity index is 886. The molecular weight excluding hydrogens is 342 g/mol. The van der Waals surface area contributed by atoms with Crippen molar-refractivity contribution < 1.29 is 9.53 Å². The molecule has 7 nitrogen and oxygen atoms in total. The Morgan fingerprint density at radius 3 is 2.78 bits per heavy atom. The van der Waals surface area contributed by atoms with Crippen molar-refractivity contribution in [2.75, 3.05) is 37.7 Å². The topological polar surface area (TPSA) is 91.1 Å². The number of rotatable bonds is 5. The lowest BCUT2D eigenvalue weighted by atomic mass is 9.87. The van der Waals surface area contributed by atoms with E-state index in [0.29, 0.717) is 23.4 Å². The van der Waals surface area contributed by atoms with Gasteiger partial charge in [0.2, 0.25) is 0 Å². The molecule has 0 aliphatic carbocycles. The molecular formula is C20H25N5O2. The van der Waals surface area contributed by atoms with Crippen molar-refractivity contribution in [1.29, 1.82) is 5.26 Å². The Labute approximate surface area is 159 Å². The number of hydrogen-bond donors (Lipinski definition) is 1. The number of aryl methyl sites for hydroxylation is 1. The molecule has 1 N–H and O–H groups in total. The summed E-state index contributed by atoms with van der Waals surface area (Å²) in [5.41, 5.74) is 1.33. The third-order valence-corrected chi connectivity index (χ3v) is 4.84. The van der Waals surface area contributed by atoms with Gasteiger partial charge in [-0.25, -0.2) is 14.8 Å². The SMILES string of the molecule is CCCOC(=O)C(C)(C#N)c1nc2cccc(C)c2nc1N1CCNCC1. The summed E-state index contributed by atoms with van der Waals surface area (Å²) in [5, 5.41) is 13.2. The van der Waals surface area contributed by atoms with Crippen molar-refractivity contribution in [3.63, 3.8) is 0 Å². The normalized spacial score (nSPS) is 16.6. The van der Waals surface area contributed by atoms with Crippen molar-refractivity contribution in [3.05, 3.63) is 29.5 Å². The van der Waals surface area contributed by atoms with Gasteiger partial charge in [0, 0.05) is 26.2 Å². The highest BCUT2D eigenvalue weighted by atomic mass is 16.5. The van der Waals surface area contributed by atoms with Crippen LogP contribution in [0.3, 0.4) is 0 Å². The molecule has 0 radical (unpaired) electrons. The molecule has 2 heterocycles. The maximum Gasteiger partial charge on any atom is 0.332 e. The number of esters is 1. The number of nitrogens with zero attached hydrogens (tertiary/aromatic N) is 4. The summed E-state index contributed by atoms with van der Waals surface area (Å²) in [4.78, 5) is 24.4. The van der Waals surface area contributed by atoms with Gasteiger partial charge < -0.3 is 15.0 Å². The molecule has 0 spiro atoms. The van der Waals surface area contributed by atoms with Gasteiger partial charge in [-0.3, -0.25) is 0 Å². The maximum atomic E-state index is 12.8. The van der Waals surface area contributed by atoms with Crippen LogP contribution in [0.1, 0.15) is 31.5 Å². The zero-order valence-corrected chi connectivity index (χ0v) is 16.1. The monoisotopic (exact) mass is 367 g/mol. The van der Waals surface area contributed by atoms with E-state index in [0.717, 1.165) is 37.3 Å². The minimum absolute atomic E-state index is 0.277. The quantitative estimate of drug-likeness (QED) is 0.809. The van der Waals surface area contributed by atoms with Crippen LogP contribution in [-0.4, -0.2) is 48.7 Å². The second kappa shape index (κ2) is 7.89. The first-order valence-corrected chi connectivity index (χ1v) is 9.33. The predicted octanol–water partition coefficient (Wildman–Crippen LogP) is 2.08.